The van der Waals surface area contributed by atoms with E-state index in [1.807, 2.05) is 6.92 Å². The summed E-state index contributed by atoms with van der Waals surface area (Å²) in [5, 5.41) is 0. The van der Waals surface area contributed by atoms with E-state index in [-0.39, 0.29) is 0 Å². The van der Waals surface area contributed by atoms with E-state index in [4.69, 9.17) is 5.73 Å². The second-order valence-corrected chi connectivity index (χ2v) is 1.92. The van der Waals surface area contributed by atoms with Crippen LogP contribution < -0.4 is 5.73 Å². The van der Waals surface area contributed by atoms with E-state index in [1.54, 1.807) is 0 Å². The quantitative estimate of drug-likeness (QED) is 0.466. The van der Waals surface area contributed by atoms with Crippen molar-refractivity contribution in [1.29, 1.82) is 0 Å². The van der Waals surface area contributed by atoms with Gasteiger partial charge in [-0.25, -0.2) is 4.99 Å². The topological polar surface area (TPSA) is 50.7 Å². The molecule has 3 nitrogen and oxygen atoms in total. The van der Waals surface area contributed by atoms with E-state index >= 15 is 0 Å². The molecule has 0 rings (SSSR count). The zero-order valence-electron chi connectivity index (χ0n) is 6.67. The highest BCUT2D eigenvalue weighted by atomic mass is 14.9. The number of rotatable bonds is 3. The molecule has 0 heterocycles. The normalized spacial score (nSPS) is 12.8. The van der Waals surface area contributed by atoms with Crippen LogP contribution in [0, 0.1) is 0 Å². The maximum absolute atomic E-state index is 5.12. The van der Waals surface area contributed by atoms with E-state index in [0.717, 1.165) is 25.2 Å². The first-order valence-electron chi connectivity index (χ1n) is 3.62. The summed E-state index contributed by atoms with van der Waals surface area (Å²) >= 11 is 0. The molecule has 0 fully saturated rings. The number of amidine groups is 1. The zero-order valence-corrected chi connectivity index (χ0v) is 6.67. The van der Waals surface area contributed by atoms with Crippen LogP contribution in [0.3, 0.4) is 0 Å². The molecule has 0 aromatic heterocycles. The Bertz CT molecular complexity index is 127. The summed E-state index contributed by atoms with van der Waals surface area (Å²) in [5.74, 6) is 0.854. The maximum atomic E-state index is 5.12. The Morgan fingerprint density at radius 2 is 2.20 bits per heavy atom. The van der Waals surface area contributed by atoms with Gasteiger partial charge in [-0.05, 0) is 13.3 Å². The van der Waals surface area contributed by atoms with Crippen molar-refractivity contribution >= 4 is 12.2 Å². The Kier molecular flexibility index (Phi) is 5.72. The number of aliphatic imine (C=N–C) groups is 2. The van der Waals surface area contributed by atoms with Crippen LogP contribution >= 0.6 is 0 Å². The van der Waals surface area contributed by atoms with Gasteiger partial charge >= 0.3 is 0 Å². The van der Waals surface area contributed by atoms with Crippen molar-refractivity contribution in [3.63, 3.8) is 0 Å². The Labute approximate surface area is 62.1 Å². The average molecular weight is 141 g/mol. The van der Waals surface area contributed by atoms with Gasteiger partial charge in [0.05, 0.1) is 6.34 Å². The number of hydrogen-bond acceptors (Lipinski definition) is 1. The molecule has 0 radical (unpaired) electrons. The molecule has 10 heavy (non-hydrogen) atoms. The van der Waals surface area contributed by atoms with Crippen LogP contribution in [-0.4, -0.2) is 18.7 Å². The maximum Gasteiger partial charge on any atom is 0.124 e. The molecule has 2 N–H and O–H groups in total. The second-order valence-electron chi connectivity index (χ2n) is 1.92. The van der Waals surface area contributed by atoms with Crippen LogP contribution in [0.15, 0.2) is 9.98 Å². The van der Waals surface area contributed by atoms with Crippen molar-refractivity contribution in [3.05, 3.63) is 0 Å². The Morgan fingerprint density at radius 1 is 1.50 bits per heavy atom. The molecule has 0 aliphatic rings. The van der Waals surface area contributed by atoms with Gasteiger partial charge in [0.25, 0.3) is 0 Å². The minimum atomic E-state index is 0.784. The Balaban J connectivity index is 3.84. The minimum Gasteiger partial charge on any atom is -0.390 e. The van der Waals surface area contributed by atoms with Gasteiger partial charge in [-0.1, -0.05) is 6.92 Å². The van der Waals surface area contributed by atoms with Crippen molar-refractivity contribution in [2.45, 2.75) is 26.7 Å². The SMILES string of the molecule is CCCC(/N=C\N)=N/CC. The molecule has 0 saturated heterocycles. The summed E-state index contributed by atoms with van der Waals surface area (Å²) in [5.41, 5.74) is 5.12. The molecule has 0 amide bonds. The third kappa shape index (κ3) is 4.06. The second kappa shape index (κ2) is 6.26. The van der Waals surface area contributed by atoms with Crippen molar-refractivity contribution < 1.29 is 0 Å². The lowest BCUT2D eigenvalue weighted by Crippen LogP contribution is -1.99. The van der Waals surface area contributed by atoms with Crippen molar-refractivity contribution in [3.8, 4) is 0 Å². The van der Waals surface area contributed by atoms with Gasteiger partial charge in [0.15, 0.2) is 0 Å². The molecule has 3 heteroatoms. The Morgan fingerprint density at radius 3 is 2.60 bits per heavy atom. The van der Waals surface area contributed by atoms with Gasteiger partial charge in [0, 0.05) is 13.0 Å². The lowest BCUT2D eigenvalue weighted by atomic mass is 10.3. The van der Waals surface area contributed by atoms with Crippen LogP contribution in [0.4, 0.5) is 0 Å². The smallest absolute Gasteiger partial charge is 0.124 e. The van der Waals surface area contributed by atoms with Crippen molar-refractivity contribution in [1.82, 2.24) is 0 Å². The standard InChI is InChI=1S/C7H15N3/c1-3-5-7(9-4-2)10-6-8/h6H,3-5H2,1-2H3,(H2,8,9,10). The Hall–Kier alpha value is -0.860. The molecule has 58 valence electrons. The minimum absolute atomic E-state index is 0.784. The highest BCUT2D eigenvalue weighted by Crippen LogP contribution is 1.92. The molecule has 0 aromatic carbocycles. The van der Waals surface area contributed by atoms with E-state index in [9.17, 15) is 0 Å². The van der Waals surface area contributed by atoms with Gasteiger partial charge < -0.3 is 5.73 Å². The predicted molar refractivity (Wildman–Crippen MR) is 45.6 cm³/mol. The van der Waals surface area contributed by atoms with Gasteiger partial charge in [0.1, 0.15) is 5.84 Å². The van der Waals surface area contributed by atoms with Crippen LogP contribution in [0.5, 0.6) is 0 Å². The molecule has 0 unspecified atom stereocenters. The first-order valence-corrected chi connectivity index (χ1v) is 3.62. The van der Waals surface area contributed by atoms with Crippen molar-refractivity contribution in [2.24, 2.45) is 15.7 Å². The monoisotopic (exact) mass is 141 g/mol. The summed E-state index contributed by atoms with van der Waals surface area (Å²) in [7, 11) is 0. The summed E-state index contributed by atoms with van der Waals surface area (Å²) in [6.07, 6.45) is 3.28. The summed E-state index contributed by atoms with van der Waals surface area (Å²) in [6, 6.07) is 0. The van der Waals surface area contributed by atoms with Crippen LogP contribution in [0.2, 0.25) is 0 Å². The van der Waals surface area contributed by atoms with Crippen LogP contribution in [0.25, 0.3) is 0 Å². The van der Waals surface area contributed by atoms with E-state index < -0.39 is 0 Å². The average Bonchev–Trinajstić information content (AvgIpc) is 1.90. The number of hydrogen-bond donors (Lipinski definition) is 1. The fourth-order valence-corrected chi connectivity index (χ4v) is 0.677. The first-order chi connectivity index (χ1) is 4.85. The fourth-order valence-electron chi connectivity index (χ4n) is 0.677. The van der Waals surface area contributed by atoms with Crippen molar-refractivity contribution in [2.75, 3.05) is 6.54 Å². The number of nitrogens with two attached hydrogens (primary N) is 1. The predicted octanol–water partition coefficient (Wildman–Crippen LogP) is 1.19. The summed E-state index contributed by atoms with van der Waals surface area (Å²) in [6.45, 7) is 4.87. The van der Waals surface area contributed by atoms with Gasteiger partial charge in [-0.15, -0.1) is 0 Å². The lowest BCUT2D eigenvalue weighted by molar-refractivity contribution is 0.966. The molecule has 0 atom stereocenters. The largest absolute Gasteiger partial charge is 0.390 e. The van der Waals surface area contributed by atoms with E-state index in [0.29, 0.717) is 0 Å². The first kappa shape index (κ1) is 9.14. The molecule has 0 spiro atoms. The lowest BCUT2D eigenvalue weighted by Gasteiger charge is -1.94. The summed E-state index contributed by atoms with van der Waals surface area (Å²) < 4.78 is 0. The molecule has 0 saturated carbocycles. The third-order valence-electron chi connectivity index (χ3n) is 1.04. The number of nitrogens with zero attached hydrogens (tertiary/aromatic N) is 2. The molecule has 0 aliphatic carbocycles. The highest BCUT2D eigenvalue weighted by molar-refractivity contribution is 5.88. The summed E-state index contributed by atoms with van der Waals surface area (Å²) in [4.78, 5) is 8.05. The molecular weight excluding hydrogens is 126 g/mol. The molecule has 0 aromatic rings. The van der Waals surface area contributed by atoms with Gasteiger partial charge in [-0.2, -0.15) is 0 Å². The zero-order chi connectivity index (χ0) is 7.82. The van der Waals surface area contributed by atoms with Crippen LogP contribution in [-0.2, 0) is 0 Å². The highest BCUT2D eigenvalue weighted by Gasteiger charge is 1.90. The van der Waals surface area contributed by atoms with Crippen LogP contribution in [0.1, 0.15) is 26.7 Å². The molecule has 0 bridgehead atoms. The molecule has 0 aliphatic heterocycles. The fraction of sp³-hybridized carbons (Fsp3) is 0.714. The van der Waals surface area contributed by atoms with Gasteiger partial charge in [0.2, 0.25) is 0 Å². The van der Waals surface area contributed by atoms with Gasteiger partial charge in [-0.3, -0.25) is 4.99 Å². The van der Waals surface area contributed by atoms with E-state index in [2.05, 4.69) is 16.9 Å². The third-order valence-corrected chi connectivity index (χ3v) is 1.04. The molecular formula is C7H15N3. The van der Waals surface area contributed by atoms with E-state index in [1.165, 1.54) is 6.34 Å².